The van der Waals surface area contributed by atoms with Gasteiger partial charge in [-0.15, -0.1) is 0 Å². The maximum atomic E-state index is 11.5. The topological polar surface area (TPSA) is 72.9 Å². The predicted octanol–water partition coefficient (Wildman–Crippen LogP) is 0.0154. The highest BCUT2D eigenvalue weighted by molar-refractivity contribution is 5.93. The van der Waals surface area contributed by atoms with E-state index in [1.807, 2.05) is 0 Å². The van der Waals surface area contributed by atoms with Crippen LogP contribution in [0.2, 0.25) is 0 Å². The highest BCUT2D eigenvalue weighted by Gasteiger charge is 2.24. The second kappa shape index (κ2) is 8.01. The van der Waals surface area contributed by atoms with Crippen LogP contribution in [0.15, 0.2) is 12.2 Å². The Labute approximate surface area is 120 Å². The van der Waals surface area contributed by atoms with Crippen LogP contribution in [0.3, 0.4) is 0 Å². The molecule has 0 aromatic carbocycles. The first-order valence-corrected chi connectivity index (χ1v) is 7.01. The molecule has 0 radical (unpaired) electrons. The van der Waals surface area contributed by atoms with E-state index in [0.717, 1.165) is 38.3 Å². The Morgan fingerprint density at radius 1 is 1.20 bits per heavy atom. The summed E-state index contributed by atoms with van der Waals surface area (Å²) in [6, 6.07) is 0.283. The number of likely N-dealkylation sites (N-methyl/N-ethyl adjacent to an activating group) is 1. The highest BCUT2D eigenvalue weighted by Crippen LogP contribution is 2.12. The van der Waals surface area contributed by atoms with Crippen LogP contribution in [-0.4, -0.2) is 72.6 Å². The van der Waals surface area contributed by atoms with Crippen LogP contribution < -0.4 is 5.32 Å². The summed E-state index contributed by atoms with van der Waals surface area (Å²) >= 11 is 0. The molecule has 1 fully saturated rings. The van der Waals surface area contributed by atoms with Gasteiger partial charge in [0.1, 0.15) is 0 Å². The molecule has 0 saturated carbocycles. The van der Waals surface area contributed by atoms with Gasteiger partial charge in [-0.2, -0.15) is 0 Å². The molecule has 0 aromatic rings. The van der Waals surface area contributed by atoms with Crippen molar-refractivity contribution < 1.29 is 14.7 Å². The molecule has 1 rings (SSSR count). The summed E-state index contributed by atoms with van der Waals surface area (Å²) < 4.78 is 0. The van der Waals surface area contributed by atoms with E-state index in [1.54, 1.807) is 0 Å². The summed E-state index contributed by atoms with van der Waals surface area (Å²) in [7, 11) is 2.11. The fourth-order valence-electron chi connectivity index (χ4n) is 2.35. The van der Waals surface area contributed by atoms with Gasteiger partial charge in [-0.1, -0.05) is 13.8 Å². The Hall–Kier alpha value is -1.40. The van der Waals surface area contributed by atoms with E-state index in [1.165, 1.54) is 0 Å². The van der Waals surface area contributed by atoms with Gasteiger partial charge in [0.2, 0.25) is 5.91 Å². The van der Waals surface area contributed by atoms with Gasteiger partial charge in [0.15, 0.2) is 0 Å². The number of hydrogen-bond acceptors (Lipinski definition) is 4. The number of nitrogens with zero attached hydrogens (tertiary/aromatic N) is 2. The van der Waals surface area contributed by atoms with Crippen molar-refractivity contribution in [2.75, 3.05) is 39.8 Å². The molecule has 6 nitrogen and oxygen atoms in total. The first-order valence-electron chi connectivity index (χ1n) is 7.01. The first kappa shape index (κ1) is 16.7. The summed E-state index contributed by atoms with van der Waals surface area (Å²) in [5.41, 5.74) is 0. The second-order valence-electron chi connectivity index (χ2n) is 5.57. The Morgan fingerprint density at radius 3 is 2.30 bits per heavy atom. The summed E-state index contributed by atoms with van der Waals surface area (Å²) in [6.45, 7) is 8.90. The summed E-state index contributed by atoms with van der Waals surface area (Å²) in [5.74, 6) is -1.03. The van der Waals surface area contributed by atoms with E-state index in [4.69, 9.17) is 5.11 Å². The largest absolute Gasteiger partial charge is 0.478 e. The van der Waals surface area contributed by atoms with Crippen LogP contribution in [0.5, 0.6) is 0 Å². The van der Waals surface area contributed by atoms with E-state index < -0.39 is 5.97 Å². The fourth-order valence-corrected chi connectivity index (χ4v) is 2.35. The Morgan fingerprint density at radius 2 is 1.80 bits per heavy atom. The zero-order valence-electron chi connectivity index (χ0n) is 12.5. The smallest absolute Gasteiger partial charge is 0.328 e. The van der Waals surface area contributed by atoms with E-state index in [9.17, 15) is 9.59 Å². The molecule has 1 atom stereocenters. The average Bonchev–Trinajstić information content (AvgIpc) is 2.38. The molecule has 1 aliphatic heterocycles. The number of nitrogens with one attached hydrogen (secondary N) is 1. The molecule has 20 heavy (non-hydrogen) atoms. The van der Waals surface area contributed by atoms with Gasteiger partial charge >= 0.3 is 5.97 Å². The number of carboxylic acid groups (broad SMARTS) is 1. The Kier molecular flexibility index (Phi) is 6.67. The molecule has 1 saturated heterocycles. The highest BCUT2D eigenvalue weighted by atomic mass is 16.4. The number of aliphatic carboxylic acids is 1. The van der Waals surface area contributed by atoms with Gasteiger partial charge < -0.3 is 15.3 Å². The first-order chi connectivity index (χ1) is 9.40. The Bertz CT molecular complexity index is 361. The standard InChI is InChI=1S/C14H25N3O3/c1-11(2)12(17-8-6-16(3)7-9-17)10-15-13(18)4-5-14(19)20/h4-5,11-12H,6-10H2,1-3H3,(H,15,18)(H,19,20)/b5-4+. The number of carbonyl (C=O) groups is 2. The van der Waals surface area contributed by atoms with Crippen LogP contribution in [0.4, 0.5) is 0 Å². The van der Waals surface area contributed by atoms with Crippen molar-refractivity contribution >= 4 is 11.9 Å². The number of carboxylic acids is 1. The quantitative estimate of drug-likeness (QED) is 0.672. The van der Waals surface area contributed by atoms with E-state index in [2.05, 4.69) is 36.0 Å². The number of rotatable bonds is 6. The average molecular weight is 283 g/mol. The van der Waals surface area contributed by atoms with Gasteiger partial charge in [0, 0.05) is 50.9 Å². The SMILES string of the molecule is CC(C)C(CNC(=O)/C=C/C(=O)O)N1CCN(C)CC1. The number of hydrogen-bond donors (Lipinski definition) is 2. The van der Waals surface area contributed by atoms with Crippen molar-refractivity contribution in [2.45, 2.75) is 19.9 Å². The van der Waals surface area contributed by atoms with E-state index in [0.29, 0.717) is 12.5 Å². The van der Waals surface area contributed by atoms with Crippen molar-refractivity contribution in [3.8, 4) is 0 Å². The minimum Gasteiger partial charge on any atom is -0.478 e. The van der Waals surface area contributed by atoms with Crippen molar-refractivity contribution in [3.05, 3.63) is 12.2 Å². The molecule has 0 aliphatic carbocycles. The minimum absolute atomic E-state index is 0.283. The van der Waals surface area contributed by atoms with Crippen LogP contribution >= 0.6 is 0 Å². The molecule has 0 bridgehead atoms. The number of amides is 1. The van der Waals surface area contributed by atoms with Crippen molar-refractivity contribution in [1.82, 2.24) is 15.1 Å². The van der Waals surface area contributed by atoms with Gasteiger partial charge in [-0.25, -0.2) is 4.79 Å². The predicted molar refractivity (Wildman–Crippen MR) is 77.5 cm³/mol. The molecule has 114 valence electrons. The molecular formula is C14H25N3O3. The third-order valence-electron chi connectivity index (χ3n) is 3.64. The maximum absolute atomic E-state index is 11.5. The van der Waals surface area contributed by atoms with Crippen molar-refractivity contribution in [1.29, 1.82) is 0 Å². The van der Waals surface area contributed by atoms with Crippen LogP contribution in [0.25, 0.3) is 0 Å². The molecule has 1 amide bonds. The van der Waals surface area contributed by atoms with Gasteiger partial charge in [0.25, 0.3) is 0 Å². The molecular weight excluding hydrogens is 258 g/mol. The van der Waals surface area contributed by atoms with Crippen LogP contribution in [-0.2, 0) is 9.59 Å². The zero-order chi connectivity index (χ0) is 15.1. The molecule has 1 unspecified atom stereocenters. The third-order valence-corrected chi connectivity index (χ3v) is 3.64. The van der Waals surface area contributed by atoms with Crippen LogP contribution in [0.1, 0.15) is 13.8 Å². The zero-order valence-corrected chi connectivity index (χ0v) is 12.5. The lowest BCUT2D eigenvalue weighted by atomic mass is 10.0. The maximum Gasteiger partial charge on any atom is 0.328 e. The molecule has 1 aliphatic rings. The van der Waals surface area contributed by atoms with Gasteiger partial charge in [-0.3, -0.25) is 9.69 Å². The lowest BCUT2D eigenvalue weighted by molar-refractivity contribution is -0.131. The molecule has 6 heteroatoms. The summed E-state index contributed by atoms with van der Waals surface area (Å²) in [6.07, 6.45) is 1.92. The Balaban J connectivity index is 2.47. The minimum atomic E-state index is -1.11. The van der Waals surface area contributed by atoms with E-state index in [-0.39, 0.29) is 11.9 Å². The molecule has 1 heterocycles. The number of piperazine rings is 1. The lowest BCUT2D eigenvalue weighted by Gasteiger charge is -2.39. The molecule has 2 N–H and O–H groups in total. The molecule has 0 spiro atoms. The summed E-state index contributed by atoms with van der Waals surface area (Å²) in [4.78, 5) is 26.6. The van der Waals surface area contributed by atoms with E-state index >= 15 is 0 Å². The summed E-state index contributed by atoms with van der Waals surface area (Å²) in [5, 5.41) is 11.3. The lowest BCUT2D eigenvalue weighted by Crippen LogP contribution is -2.54. The van der Waals surface area contributed by atoms with Crippen molar-refractivity contribution in [3.63, 3.8) is 0 Å². The second-order valence-corrected chi connectivity index (χ2v) is 5.57. The van der Waals surface area contributed by atoms with Gasteiger partial charge in [-0.05, 0) is 13.0 Å². The van der Waals surface area contributed by atoms with Gasteiger partial charge in [0.05, 0.1) is 0 Å². The van der Waals surface area contributed by atoms with Crippen LogP contribution in [0, 0.1) is 5.92 Å². The fraction of sp³-hybridized carbons (Fsp3) is 0.714. The molecule has 0 aromatic heterocycles. The normalized spacial score (nSPS) is 19.4. The number of carbonyl (C=O) groups excluding carboxylic acids is 1. The monoisotopic (exact) mass is 283 g/mol. The van der Waals surface area contributed by atoms with Crippen molar-refractivity contribution in [2.24, 2.45) is 5.92 Å². The third kappa shape index (κ3) is 5.71.